The molecule has 20 heavy (non-hydrogen) atoms. The number of benzene rings is 1. The van der Waals surface area contributed by atoms with Gasteiger partial charge in [0.1, 0.15) is 5.84 Å². The van der Waals surface area contributed by atoms with Crippen molar-refractivity contribution < 1.29 is 0 Å². The number of halogens is 1. The Labute approximate surface area is 126 Å². The zero-order chi connectivity index (χ0) is 13.8. The number of nitrogens with zero attached hydrogens (tertiary/aromatic N) is 1. The number of hydrogen-bond acceptors (Lipinski definition) is 2. The highest BCUT2D eigenvalue weighted by Crippen LogP contribution is 2.34. The Morgan fingerprint density at radius 3 is 2.70 bits per heavy atom. The number of rotatable bonds is 2. The molecule has 1 fully saturated rings. The monoisotopic (exact) mass is 290 g/mol. The third kappa shape index (κ3) is 3.17. The Morgan fingerprint density at radius 1 is 1.00 bits per heavy atom. The van der Waals surface area contributed by atoms with Gasteiger partial charge in [0.15, 0.2) is 0 Å². The molecular formula is C17H23ClN2. The third-order valence-electron chi connectivity index (χ3n) is 4.52. The van der Waals surface area contributed by atoms with E-state index in [-0.39, 0.29) is 5.38 Å². The van der Waals surface area contributed by atoms with E-state index in [0.717, 1.165) is 18.8 Å². The highest BCUT2D eigenvalue weighted by atomic mass is 35.5. The first-order valence-electron chi connectivity index (χ1n) is 7.84. The fourth-order valence-corrected chi connectivity index (χ4v) is 3.71. The molecule has 1 N–H and O–H groups in total. The number of hydrogen-bond donors (Lipinski definition) is 1. The van der Waals surface area contributed by atoms with E-state index in [1.807, 2.05) is 0 Å². The van der Waals surface area contributed by atoms with E-state index >= 15 is 0 Å². The van der Waals surface area contributed by atoms with Gasteiger partial charge in [-0.3, -0.25) is 4.99 Å². The van der Waals surface area contributed by atoms with Crippen molar-refractivity contribution in [1.29, 1.82) is 0 Å². The van der Waals surface area contributed by atoms with E-state index < -0.39 is 0 Å². The number of nitrogens with one attached hydrogen (secondary N) is 1. The Hall–Kier alpha value is -1.02. The normalized spacial score (nSPS) is 30.6. The highest BCUT2D eigenvalue weighted by Gasteiger charge is 2.30. The summed E-state index contributed by atoms with van der Waals surface area (Å²) in [7, 11) is 0. The molecule has 1 aliphatic carbocycles. The molecule has 0 radical (unpaired) electrons. The fraction of sp³-hybridized carbons (Fsp3) is 0.588. The second-order valence-corrected chi connectivity index (χ2v) is 6.46. The highest BCUT2D eigenvalue weighted by molar-refractivity contribution is 6.31. The summed E-state index contributed by atoms with van der Waals surface area (Å²) in [5.41, 5.74) is 1.45. The van der Waals surface area contributed by atoms with E-state index in [9.17, 15) is 0 Å². The van der Waals surface area contributed by atoms with Crippen LogP contribution in [0.3, 0.4) is 0 Å². The van der Waals surface area contributed by atoms with Gasteiger partial charge in [0, 0.05) is 18.5 Å². The maximum atomic E-state index is 6.47. The van der Waals surface area contributed by atoms with Crippen molar-refractivity contribution in [3.05, 3.63) is 35.9 Å². The molecule has 2 aliphatic rings. The molecule has 1 heterocycles. The quantitative estimate of drug-likeness (QED) is 0.815. The first-order chi connectivity index (χ1) is 9.84. The zero-order valence-electron chi connectivity index (χ0n) is 11.9. The lowest BCUT2D eigenvalue weighted by Crippen LogP contribution is -2.40. The van der Waals surface area contributed by atoms with Gasteiger partial charge < -0.3 is 5.32 Å². The second kappa shape index (κ2) is 6.62. The summed E-state index contributed by atoms with van der Waals surface area (Å²) in [6.07, 6.45) is 7.19. The fourth-order valence-electron chi connectivity index (χ4n) is 3.43. The predicted octanol–water partition coefficient (Wildman–Crippen LogP) is 4.10. The molecule has 3 rings (SSSR count). The minimum Gasteiger partial charge on any atom is -0.369 e. The van der Waals surface area contributed by atoms with Crippen molar-refractivity contribution in [2.45, 2.75) is 55.9 Å². The van der Waals surface area contributed by atoms with Crippen LogP contribution in [0, 0.1) is 0 Å². The number of alkyl halides is 1. The van der Waals surface area contributed by atoms with E-state index in [1.165, 1.54) is 37.7 Å². The van der Waals surface area contributed by atoms with Gasteiger partial charge in [0.05, 0.1) is 5.38 Å². The maximum absolute atomic E-state index is 6.47. The minimum absolute atomic E-state index is 0.0783. The zero-order valence-corrected chi connectivity index (χ0v) is 12.6. The molecule has 2 nitrogen and oxygen atoms in total. The molecule has 1 saturated carbocycles. The van der Waals surface area contributed by atoms with Crippen molar-refractivity contribution >= 4 is 17.4 Å². The van der Waals surface area contributed by atoms with Gasteiger partial charge in [-0.25, -0.2) is 0 Å². The van der Waals surface area contributed by atoms with Crippen LogP contribution in [-0.2, 0) is 0 Å². The van der Waals surface area contributed by atoms with E-state index in [1.54, 1.807) is 0 Å². The van der Waals surface area contributed by atoms with Crippen LogP contribution in [0.25, 0.3) is 0 Å². The van der Waals surface area contributed by atoms with Gasteiger partial charge in [-0.15, -0.1) is 11.6 Å². The molecule has 3 heteroatoms. The second-order valence-electron chi connectivity index (χ2n) is 5.93. The molecule has 0 amide bonds. The van der Waals surface area contributed by atoms with Crippen LogP contribution >= 0.6 is 11.6 Å². The number of amidine groups is 1. The predicted molar refractivity (Wildman–Crippen MR) is 85.8 cm³/mol. The molecule has 3 atom stereocenters. The smallest absolute Gasteiger partial charge is 0.115 e. The van der Waals surface area contributed by atoms with Gasteiger partial charge in [-0.2, -0.15) is 0 Å². The first-order valence-corrected chi connectivity index (χ1v) is 8.28. The summed E-state index contributed by atoms with van der Waals surface area (Å²) in [4.78, 5) is 4.67. The molecule has 0 spiro atoms. The van der Waals surface area contributed by atoms with Crippen LogP contribution in [0.1, 0.15) is 50.0 Å². The minimum atomic E-state index is 0.0783. The van der Waals surface area contributed by atoms with E-state index in [4.69, 9.17) is 11.6 Å². The summed E-state index contributed by atoms with van der Waals surface area (Å²) in [6.45, 7) is 0.925. The SMILES string of the molecule is ClC1CCCCN=C1NC1CCCC1c1ccccc1. The Morgan fingerprint density at radius 2 is 1.85 bits per heavy atom. The maximum Gasteiger partial charge on any atom is 0.115 e. The molecule has 1 aromatic carbocycles. The molecule has 108 valence electrons. The summed E-state index contributed by atoms with van der Waals surface area (Å²) >= 11 is 6.47. The van der Waals surface area contributed by atoms with Gasteiger partial charge in [-0.1, -0.05) is 36.8 Å². The van der Waals surface area contributed by atoms with Crippen LogP contribution < -0.4 is 5.32 Å². The van der Waals surface area contributed by atoms with Crippen LogP contribution in [0.5, 0.6) is 0 Å². The summed E-state index contributed by atoms with van der Waals surface area (Å²) in [5, 5.41) is 3.75. The molecule has 1 aliphatic heterocycles. The lowest BCUT2D eigenvalue weighted by atomic mass is 9.94. The summed E-state index contributed by atoms with van der Waals surface area (Å²) in [5.74, 6) is 1.64. The molecule has 0 bridgehead atoms. The van der Waals surface area contributed by atoms with Crippen molar-refractivity contribution in [2.24, 2.45) is 4.99 Å². The molecule has 0 saturated heterocycles. The standard InChI is InChI=1S/C17H23ClN2/c18-15-10-4-5-12-19-17(15)20-16-11-6-9-14(16)13-7-2-1-3-8-13/h1-3,7-8,14-16H,4-6,9-12H2,(H,19,20). The molecule has 3 unspecified atom stereocenters. The third-order valence-corrected chi connectivity index (χ3v) is 4.95. The molecule has 1 aromatic rings. The van der Waals surface area contributed by atoms with Crippen LogP contribution in [0.2, 0.25) is 0 Å². The van der Waals surface area contributed by atoms with Crippen molar-refractivity contribution in [2.75, 3.05) is 6.54 Å². The van der Waals surface area contributed by atoms with Gasteiger partial charge in [-0.05, 0) is 37.7 Å². The van der Waals surface area contributed by atoms with E-state index in [0.29, 0.717) is 12.0 Å². The van der Waals surface area contributed by atoms with Crippen molar-refractivity contribution in [3.8, 4) is 0 Å². The summed E-state index contributed by atoms with van der Waals surface area (Å²) < 4.78 is 0. The average molecular weight is 291 g/mol. The summed E-state index contributed by atoms with van der Waals surface area (Å²) in [6, 6.07) is 11.4. The van der Waals surface area contributed by atoms with Gasteiger partial charge in [0.25, 0.3) is 0 Å². The lowest BCUT2D eigenvalue weighted by Gasteiger charge is -2.24. The van der Waals surface area contributed by atoms with Crippen molar-refractivity contribution in [3.63, 3.8) is 0 Å². The topological polar surface area (TPSA) is 24.4 Å². The van der Waals surface area contributed by atoms with E-state index in [2.05, 4.69) is 40.6 Å². The van der Waals surface area contributed by atoms with Gasteiger partial charge in [0.2, 0.25) is 0 Å². The lowest BCUT2D eigenvalue weighted by molar-refractivity contribution is 0.553. The number of aliphatic imine (C=N–C) groups is 1. The molecular weight excluding hydrogens is 268 g/mol. The Kier molecular flexibility index (Phi) is 4.62. The Balaban J connectivity index is 1.71. The van der Waals surface area contributed by atoms with Crippen LogP contribution in [0.4, 0.5) is 0 Å². The average Bonchev–Trinajstić information content (AvgIpc) is 2.85. The largest absolute Gasteiger partial charge is 0.369 e. The molecule has 0 aromatic heterocycles. The first kappa shape index (κ1) is 13.9. The Bertz CT molecular complexity index is 457. The van der Waals surface area contributed by atoms with Crippen LogP contribution in [0.15, 0.2) is 35.3 Å². The van der Waals surface area contributed by atoms with Crippen LogP contribution in [-0.4, -0.2) is 23.8 Å². The van der Waals surface area contributed by atoms with Gasteiger partial charge >= 0.3 is 0 Å². The van der Waals surface area contributed by atoms with Crippen molar-refractivity contribution in [1.82, 2.24) is 5.32 Å².